The number of rotatable bonds is 3. The lowest BCUT2D eigenvalue weighted by Crippen LogP contribution is -2.04. The third-order valence-electron chi connectivity index (χ3n) is 2.38. The number of aryl methyl sites for hydroxylation is 1. The van der Waals surface area contributed by atoms with Crippen LogP contribution in [0.25, 0.3) is 5.65 Å². The molecule has 0 saturated heterocycles. The molecule has 0 fully saturated rings. The highest BCUT2D eigenvalue weighted by Gasteiger charge is 2.13. The summed E-state index contributed by atoms with van der Waals surface area (Å²) in [6.45, 7) is 3.89. The molecule has 0 saturated carbocycles. The van der Waals surface area contributed by atoms with Crippen LogP contribution in [0.1, 0.15) is 33.3 Å². The molecule has 0 spiro atoms. The Morgan fingerprint density at radius 3 is 2.94 bits per heavy atom. The summed E-state index contributed by atoms with van der Waals surface area (Å²) in [5.41, 5.74) is 2.28. The molecule has 0 bridgehead atoms. The maximum Gasteiger partial charge on any atom is 0.358 e. The zero-order chi connectivity index (χ0) is 12.4. The number of hydrogen-bond donors (Lipinski definition) is 0. The second kappa shape index (κ2) is 4.37. The maximum atomic E-state index is 11.5. The van der Waals surface area contributed by atoms with Gasteiger partial charge in [0.05, 0.1) is 6.61 Å². The predicted molar refractivity (Wildman–Crippen MR) is 61.3 cm³/mol. The van der Waals surface area contributed by atoms with Gasteiger partial charge in [-0.25, -0.2) is 9.78 Å². The number of nitrogens with zero attached hydrogens (tertiary/aromatic N) is 2. The molecule has 2 aromatic heterocycles. The number of hydrogen-bond acceptors (Lipinski definition) is 4. The maximum absolute atomic E-state index is 11.5. The molecule has 88 valence electrons. The fraction of sp³-hybridized carbons (Fsp3) is 0.250. The van der Waals surface area contributed by atoms with Gasteiger partial charge >= 0.3 is 5.97 Å². The van der Waals surface area contributed by atoms with Crippen LogP contribution in [0.4, 0.5) is 0 Å². The van der Waals surface area contributed by atoms with Gasteiger partial charge in [0.25, 0.3) is 0 Å². The molecule has 2 heterocycles. The zero-order valence-corrected chi connectivity index (χ0v) is 9.64. The number of esters is 1. The van der Waals surface area contributed by atoms with Crippen LogP contribution in [0.3, 0.4) is 0 Å². The average molecular weight is 232 g/mol. The van der Waals surface area contributed by atoms with E-state index in [2.05, 4.69) is 4.98 Å². The number of fused-ring (bicyclic) bond motifs is 1. The van der Waals surface area contributed by atoms with E-state index in [4.69, 9.17) is 4.74 Å². The van der Waals surface area contributed by atoms with Crippen molar-refractivity contribution in [3.63, 3.8) is 0 Å². The Balaban J connectivity index is 2.53. The molecule has 2 aromatic rings. The van der Waals surface area contributed by atoms with Crippen molar-refractivity contribution in [2.24, 2.45) is 0 Å². The molecule has 0 radical (unpaired) electrons. The Labute approximate surface area is 98.0 Å². The quantitative estimate of drug-likeness (QED) is 0.596. The number of aldehydes is 1. The fourth-order valence-corrected chi connectivity index (χ4v) is 1.66. The smallest absolute Gasteiger partial charge is 0.358 e. The number of aromatic nitrogens is 2. The second-order valence-corrected chi connectivity index (χ2v) is 3.65. The lowest BCUT2D eigenvalue weighted by Gasteiger charge is -1.98. The Kier molecular flexibility index (Phi) is 2.91. The summed E-state index contributed by atoms with van der Waals surface area (Å²) in [5.74, 6) is -0.455. The molecule has 0 aromatic carbocycles. The highest BCUT2D eigenvalue weighted by Crippen LogP contribution is 2.13. The van der Waals surface area contributed by atoms with Gasteiger partial charge in [0.2, 0.25) is 0 Å². The first-order chi connectivity index (χ1) is 8.15. The SMILES string of the molecule is CCOC(=O)c1cn2cc(C=O)cc(C)c2n1. The van der Waals surface area contributed by atoms with Crippen LogP contribution in [0.2, 0.25) is 0 Å². The summed E-state index contributed by atoms with van der Waals surface area (Å²) >= 11 is 0. The molecular formula is C12H12N2O3. The standard InChI is InChI=1S/C12H12N2O3/c1-3-17-12(16)10-6-14-5-9(7-15)4-8(2)11(14)13-10/h4-7H,3H2,1-2H3. The van der Waals surface area contributed by atoms with E-state index in [-0.39, 0.29) is 5.69 Å². The van der Waals surface area contributed by atoms with Gasteiger partial charge < -0.3 is 9.14 Å². The molecule has 0 unspecified atom stereocenters. The highest BCUT2D eigenvalue weighted by molar-refractivity contribution is 5.88. The Hall–Kier alpha value is -2.17. The summed E-state index contributed by atoms with van der Waals surface area (Å²) in [5, 5.41) is 0. The van der Waals surface area contributed by atoms with Crippen LogP contribution in [-0.2, 0) is 4.74 Å². The van der Waals surface area contributed by atoms with Crippen LogP contribution in [0, 0.1) is 6.92 Å². The molecule has 0 N–H and O–H groups in total. The number of carbonyl (C=O) groups is 2. The summed E-state index contributed by atoms with van der Waals surface area (Å²) in [7, 11) is 0. The van der Waals surface area contributed by atoms with Crippen molar-refractivity contribution >= 4 is 17.9 Å². The average Bonchev–Trinajstić information content (AvgIpc) is 2.73. The number of imidazole rings is 1. The number of pyridine rings is 1. The number of carbonyl (C=O) groups excluding carboxylic acids is 2. The lowest BCUT2D eigenvalue weighted by molar-refractivity contribution is 0.0520. The van der Waals surface area contributed by atoms with E-state index < -0.39 is 5.97 Å². The molecule has 0 atom stereocenters. The van der Waals surface area contributed by atoms with Crippen molar-refractivity contribution in [3.05, 3.63) is 35.3 Å². The minimum absolute atomic E-state index is 0.248. The van der Waals surface area contributed by atoms with E-state index in [9.17, 15) is 9.59 Å². The normalized spacial score (nSPS) is 10.5. The van der Waals surface area contributed by atoms with Gasteiger partial charge in [-0.1, -0.05) is 0 Å². The lowest BCUT2D eigenvalue weighted by atomic mass is 10.2. The van der Waals surface area contributed by atoms with Gasteiger partial charge in [-0.2, -0.15) is 0 Å². The van der Waals surface area contributed by atoms with Crippen molar-refractivity contribution in [1.82, 2.24) is 9.38 Å². The first kappa shape index (κ1) is 11.3. The summed E-state index contributed by atoms with van der Waals surface area (Å²) < 4.78 is 6.53. The molecule has 5 nitrogen and oxygen atoms in total. The summed E-state index contributed by atoms with van der Waals surface area (Å²) in [4.78, 5) is 26.4. The minimum Gasteiger partial charge on any atom is -0.461 e. The van der Waals surface area contributed by atoms with Crippen molar-refractivity contribution < 1.29 is 14.3 Å². The van der Waals surface area contributed by atoms with E-state index in [0.29, 0.717) is 17.8 Å². The first-order valence-corrected chi connectivity index (χ1v) is 5.27. The van der Waals surface area contributed by atoms with Crippen LogP contribution in [0.15, 0.2) is 18.5 Å². The van der Waals surface area contributed by atoms with Crippen LogP contribution in [-0.4, -0.2) is 28.2 Å². The van der Waals surface area contributed by atoms with Crippen molar-refractivity contribution in [2.45, 2.75) is 13.8 Å². The van der Waals surface area contributed by atoms with Crippen LogP contribution >= 0.6 is 0 Å². The molecule has 0 aliphatic rings. The van der Waals surface area contributed by atoms with Gasteiger partial charge in [-0.3, -0.25) is 4.79 Å². The minimum atomic E-state index is -0.455. The third kappa shape index (κ3) is 2.04. The van der Waals surface area contributed by atoms with E-state index >= 15 is 0 Å². The Bertz CT molecular complexity index is 587. The molecule has 0 aliphatic heterocycles. The fourth-order valence-electron chi connectivity index (χ4n) is 1.66. The molecule has 5 heteroatoms. The molecule has 0 amide bonds. The number of ether oxygens (including phenoxy) is 1. The van der Waals surface area contributed by atoms with Crippen LogP contribution < -0.4 is 0 Å². The van der Waals surface area contributed by atoms with E-state index in [1.54, 1.807) is 29.8 Å². The summed E-state index contributed by atoms with van der Waals surface area (Å²) in [6.07, 6.45) is 3.95. The molecular weight excluding hydrogens is 220 g/mol. The summed E-state index contributed by atoms with van der Waals surface area (Å²) in [6, 6.07) is 1.73. The van der Waals surface area contributed by atoms with Gasteiger partial charge in [0.1, 0.15) is 5.65 Å². The van der Waals surface area contributed by atoms with E-state index in [1.165, 1.54) is 0 Å². The highest BCUT2D eigenvalue weighted by atomic mass is 16.5. The third-order valence-corrected chi connectivity index (χ3v) is 2.38. The Morgan fingerprint density at radius 2 is 2.29 bits per heavy atom. The van der Waals surface area contributed by atoms with E-state index in [1.807, 2.05) is 6.92 Å². The first-order valence-electron chi connectivity index (χ1n) is 5.27. The van der Waals surface area contributed by atoms with Crippen molar-refractivity contribution in [1.29, 1.82) is 0 Å². The Morgan fingerprint density at radius 1 is 1.53 bits per heavy atom. The van der Waals surface area contributed by atoms with Gasteiger partial charge in [0.15, 0.2) is 12.0 Å². The van der Waals surface area contributed by atoms with Crippen LogP contribution in [0.5, 0.6) is 0 Å². The van der Waals surface area contributed by atoms with Gasteiger partial charge in [0, 0.05) is 18.0 Å². The molecule has 0 aliphatic carbocycles. The monoisotopic (exact) mass is 232 g/mol. The van der Waals surface area contributed by atoms with Crippen molar-refractivity contribution in [2.75, 3.05) is 6.61 Å². The molecule has 17 heavy (non-hydrogen) atoms. The van der Waals surface area contributed by atoms with E-state index in [0.717, 1.165) is 11.8 Å². The second-order valence-electron chi connectivity index (χ2n) is 3.65. The molecule has 2 rings (SSSR count). The van der Waals surface area contributed by atoms with Gasteiger partial charge in [-0.05, 0) is 25.5 Å². The predicted octanol–water partition coefficient (Wildman–Crippen LogP) is 1.63. The largest absolute Gasteiger partial charge is 0.461 e. The van der Waals surface area contributed by atoms with Crippen molar-refractivity contribution in [3.8, 4) is 0 Å². The zero-order valence-electron chi connectivity index (χ0n) is 9.64. The topological polar surface area (TPSA) is 60.7 Å². The van der Waals surface area contributed by atoms with Gasteiger partial charge in [-0.15, -0.1) is 0 Å².